The fourth-order valence-corrected chi connectivity index (χ4v) is 1.16. The van der Waals surface area contributed by atoms with Crippen LogP contribution in [-0.4, -0.2) is 17.1 Å². The van der Waals surface area contributed by atoms with E-state index in [0.29, 0.717) is 15.6 Å². The highest BCUT2D eigenvalue weighted by Crippen LogP contribution is 2.20. The zero-order valence-corrected chi connectivity index (χ0v) is 7.48. The quantitative estimate of drug-likeness (QED) is 0.729. The summed E-state index contributed by atoms with van der Waals surface area (Å²) in [6.45, 7) is 0. The lowest BCUT2D eigenvalue weighted by Crippen LogP contribution is -1.90. The first-order chi connectivity index (χ1) is 4.74. The van der Waals surface area contributed by atoms with Gasteiger partial charge in [0.25, 0.3) is 0 Å². The van der Waals surface area contributed by atoms with Crippen LogP contribution in [0.4, 0.5) is 0 Å². The summed E-state index contributed by atoms with van der Waals surface area (Å²) in [5, 5.41) is 0.340. The lowest BCUT2D eigenvalue weighted by atomic mass is 10.7. The van der Waals surface area contributed by atoms with E-state index in [9.17, 15) is 0 Å². The molecule has 54 valence electrons. The largest absolute Gasteiger partial charge is 0.479 e. The number of halogens is 2. The third-order valence-electron chi connectivity index (χ3n) is 0.863. The van der Waals surface area contributed by atoms with E-state index in [1.54, 1.807) is 0 Å². The van der Waals surface area contributed by atoms with Crippen molar-refractivity contribution in [2.24, 2.45) is 0 Å². The van der Waals surface area contributed by atoms with Crippen molar-refractivity contribution >= 4 is 27.5 Å². The number of methoxy groups -OCH3 is 1. The van der Waals surface area contributed by atoms with Gasteiger partial charge in [0.2, 0.25) is 5.88 Å². The summed E-state index contributed by atoms with van der Waals surface area (Å²) in [6.07, 6.45) is 1.42. The molecule has 1 aromatic rings. The second-order valence-corrected chi connectivity index (χ2v) is 2.63. The highest BCUT2D eigenvalue weighted by molar-refractivity contribution is 9.10. The van der Waals surface area contributed by atoms with Crippen LogP contribution in [0.25, 0.3) is 0 Å². The van der Waals surface area contributed by atoms with Gasteiger partial charge in [-0.1, -0.05) is 11.6 Å². The van der Waals surface area contributed by atoms with Crippen LogP contribution < -0.4 is 4.74 Å². The van der Waals surface area contributed by atoms with Gasteiger partial charge in [0.1, 0.15) is 5.15 Å². The molecular weight excluding hydrogens is 219 g/mol. The molecule has 0 amide bonds. The molecule has 10 heavy (non-hydrogen) atoms. The van der Waals surface area contributed by atoms with Crippen LogP contribution in [0.5, 0.6) is 5.88 Å². The maximum absolute atomic E-state index is 5.51. The monoisotopic (exact) mass is 222 g/mol. The molecule has 0 aliphatic carbocycles. The van der Waals surface area contributed by atoms with E-state index in [0.717, 1.165) is 0 Å². The predicted octanol–water partition coefficient (Wildman–Crippen LogP) is 1.90. The Bertz CT molecular complexity index is 243. The van der Waals surface area contributed by atoms with Crippen molar-refractivity contribution in [3.05, 3.63) is 16.0 Å². The number of hydrogen-bond donors (Lipinski definition) is 0. The van der Waals surface area contributed by atoms with Crippen molar-refractivity contribution in [2.45, 2.75) is 0 Å². The van der Waals surface area contributed by atoms with Gasteiger partial charge < -0.3 is 4.74 Å². The number of nitrogens with zero attached hydrogens (tertiary/aromatic N) is 2. The Labute approximate surface area is 71.5 Å². The predicted molar refractivity (Wildman–Crippen MR) is 41.3 cm³/mol. The Morgan fingerprint density at radius 3 is 2.90 bits per heavy atom. The summed E-state index contributed by atoms with van der Waals surface area (Å²) in [4.78, 5) is 7.67. The molecular formula is C5H4BrClN2O. The highest BCUT2D eigenvalue weighted by atomic mass is 79.9. The fourth-order valence-electron chi connectivity index (χ4n) is 0.473. The number of hydrogen-bond acceptors (Lipinski definition) is 3. The van der Waals surface area contributed by atoms with Crippen LogP contribution in [0, 0.1) is 0 Å². The first kappa shape index (κ1) is 7.75. The Kier molecular flexibility index (Phi) is 2.45. The lowest BCUT2D eigenvalue weighted by molar-refractivity contribution is 0.392. The summed E-state index contributed by atoms with van der Waals surface area (Å²) < 4.78 is 5.34. The molecule has 0 aromatic carbocycles. The molecule has 1 aromatic heterocycles. The zero-order chi connectivity index (χ0) is 7.56. The van der Waals surface area contributed by atoms with E-state index in [1.165, 1.54) is 13.3 Å². The third-order valence-corrected chi connectivity index (χ3v) is 1.56. The van der Waals surface area contributed by atoms with Crippen molar-refractivity contribution in [2.75, 3.05) is 7.11 Å². The van der Waals surface area contributed by atoms with E-state index in [1.807, 2.05) is 0 Å². The molecule has 1 rings (SSSR count). The molecule has 0 unspecified atom stereocenters. The molecule has 0 saturated carbocycles. The number of rotatable bonds is 1. The van der Waals surface area contributed by atoms with Crippen LogP contribution in [0.15, 0.2) is 10.8 Å². The lowest BCUT2D eigenvalue weighted by Gasteiger charge is -1.98. The minimum Gasteiger partial charge on any atom is -0.479 e. The average Bonchev–Trinajstić information content (AvgIpc) is 1.88. The van der Waals surface area contributed by atoms with Crippen LogP contribution in [-0.2, 0) is 0 Å². The molecule has 0 saturated heterocycles. The Balaban J connectivity index is 3.07. The standard InChI is InChI=1S/C5H4BrClN2O/c1-10-5-4(6)9-3(7)2-8-5/h2H,1H3. The van der Waals surface area contributed by atoms with Gasteiger partial charge in [-0.25, -0.2) is 9.97 Å². The smallest absolute Gasteiger partial charge is 0.247 e. The van der Waals surface area contributed by atoms with E-state index < -0.39 is 0 Å². The fraction of sp³-hybridized carbons (Fsp3) is 0.200. The molecule has 0 N–H and O–H groups in total. The van der Waals surface area contributed by atoms with Gasteiger partial charge in [0.05, 0.1) is 13.3 Å². The van der Waals surface area contributed by atoms with Gasteiger partial charge in [-0.3, -0.25) is 0 Å². The molecule has 5 heteroatoms. The highest BCUT2D eigenvalue weighted by Gasteiger charge is 2.01. The van der Waals surface area contributed by atoms with Crippen molar-refractivity contribution < 1.29 is 4.74 Å². The molecule has 0 aliphatic heterocycles. The summed E-state index contributed by atoms with van der Waals surface area (Å²) in [6, 6.07) is 0. The topological polar surface area (TPSA) is 35.0 Å². The first-order valence-corrected chi connectivity index (χ1v) is 3.63. The second kappa shape index (κ2) is 3.16. The molecule has 1 heterocycles. The molecule has 0 atom stereocenters. The van der Waals surface area contributed by atoms with Crippen LogP contribution in [0.3, 0.4) is 0 Å². The summed E-state index contributed by atoms with van der Waals surface area (Å²) in [5.41, 5.74) is 0. The number of aromatic nitrogens is 2. The zero-order valence-electron chi connectivity index (χ0n) is 5.14. The van der Waals surface area contributed by atoms with Gasteiger partial charge in [-0.05, 0) is 15.9 Å². The van der Waals surface area contributed by atoms with E-state index in [2.05, 4.69) is 25.9 Å². The number of ether oxygens (including phenoxy) is 1. The normalized spacial score (nSPS) is 9.50. The summed E-state index contributed by atoms with van der Waals surface area (Å²) >= 11 is 8.64. The van der Waals surface area contributed by atoms with E-state index in [4.69, 9.17) is 16.3 Å². The maximum atomic E-state index is 5.51. The van der Waals surface area contributed by atoms with Crippen molar-refractivity contribution in [1.29, 1.82) is 0 Å². The Morgan fingerprint density at radius 1 is 1.70 bits per heavy atom. The minimum atomic E-state index is 0.340. The molecule has 0 fully saturated rings. The van der Waals surface area contributed by atoms with Gasteiger partial charge in [0, 0.05) is 0 Å². The summed E-state index contributed by atoms with van der Waals surface area (Å²) in [7, 11) is 1.52. The maximum Gasteiger partial charge on any atom is 0.247 e. The van der Waals surface area contributed by atoms with Crippen LogP contribution in [0.1, 0.15) is 0 Å². The molecule has 3 nitrogen and oxygen atoms in total. The van der Waals surface area contributed by atoms with E-state index >= 15 is 0 Å². The third kappa shape index (κ3) is 1.58. The van der Waals surface area contributed by atoms with E-state index in [-0.39, 0.29) is 0 Å². The van der Waals surface area contributed by atoms with Crippen molar-refractivity contribution in [1.82, 2.24) is 9.97 Å². The van der Waals surface area contributed by atoms with Gasteiger partial charge in [0.15, 0.2) is 4.60 Å². The van der Waals surface area contributed by atoms with Gasteiger partial charge in [-0.15, -0.1) is 0 Å². The van der Waals surface area contributed by atoms with Gasteiger partial charge >= 0.3 is 0 Å². The average molecular weight is 223 g/mol. The van der Waals surface area contributed by atoms with Crippen molar-refractivity contribution in [3.63, 3.8) is 0 Å². The minimum absolute atomic E-state index is 0.340. The van der Waals surface area contributed by atoms with Crippen LogP contribution in [0.2, 0.25) is 5.15 Å². The first-order valence-electron chi connectivity index (χ1n) is 2.46. The Morgan fingerprint density at radius 2 is 2.40 bits per heavy atom. The van der Waals surface area contributed by atoms with Crippen molar-refractivity contribution in [3.8, 4) is 5.88 Å². The molecule has 0 bridgehead atoms. The second-order valence-electron chi connectivity index (χ2n) is 1.49. The van der Waals surface area contributed by atoms with Gasteiger partial charge in [-0.2, -0.15) is 0 Å². The Hall–Kier alpha value is -0.350. The summed E-state index contributed by atoms with van der Waals surface area (Å²) in [5.74, 6) is 0.435. The van der Waals surface area contributed by atoms with Crippen LogP contribution >= 0.6 is 27.5 Å². The molecule has 0 spiro atoms. The molecule has 0 aliphatic rings. The SMILES string of the molecule is COc1ncc(Cl)nc1Br. The molecule has 0 radical (unpaired) electrons.